The van der Waals surface area contributed by atoms with Crippen LogP contribution in [-0.2, 0) is 15.4 Å². The Balaban J connectivity index is 1.81. The second kappa shape index (κ2) is 5.11. The fraction of sp³-hybridized carbons (Fsp3) is 0.188. The van der Waals surface area contributed by atoms with Crippen LogP contribution in [0.5, 0.6) is 0 Å². The van der Waals surface area contributed by atoms with E-state index in [1.165, 1.54) is 12.1 Å². The topological polar surface area (TPSA) is 70.0 Å². The number of nitrogens with zero attached hydrogens (tertiary/aromatic N) is 1. The number of anilines is 1. The molecular formula is C16H13FN2O2S. The first kappa shape index (κ1) is 14.5. The van der Waals surface area contributed by atoms with Crippen molar-refractivity contribution < 1.29 is 12.8 Å². The quantitative estimate of drug-likeness (QED) is 0.941. The van der Waals surface area contributed by atoms with Crippen LogP contribution in [0.25, 0.3) is 0 Å². The van der Waals surface area contributed by atoms with Gasteiger partial charge in [0.2, 0.25) is 0 Å². The molecule has 0 spiro atoms. The molecule has 1 fully saturated rings. The van der Waals surface area contributed by atoms with E-state index in [1.54, 1.807) is 24.3 Å². The molecule has 1 aliphatic carbocycles. The average Bonchev–Trinajstić information content (AvgIpc) is 3.29. The predicted octanol–water partition coefficient (Wildman–Crippen LogP) is 3.18. The van der Waals surface area contributed by atoms with Crippen LogP contribution in [0.1, 0.15) is 18.4 Å². The summed E-state index contributed by atoms with van der Waals surface area (Å²) < 4.78 is 39.6. The molecule has 22 heavy (non-hydrogen) atoms. The van der Waals surface area contributed by atoms with Gasteiger partial charge in [-0.1, -0.05) is 12.1 Å². The number of hydrogen-bond acceptors (Lipinski definition) is 3. The first-order chi connectivity index (χ1) is 10.5. The summed E-state index contributed by atoms with van der Waals surface area (Å²) in [6.07, 6.45) is 1.67. The third-order valence-corrected chi connectivity index (χ3v) is 5.17. The van der Waals surface area contributed by atoms with E-state index in [-0.39, 0.29) is 4.90 Å². The van der Waals surface area contributed by atoms with Gasteiger partial charge in [0.05, 0.1) is 16.4 Å². The summed E-state index contributed by atoms with van der Waals surface area (Å²) in [5, 5.41) is 9.14. The van der Waals surface area contributed by atoms with Gasteiger partial charge in [-0.25, -0.2) is 12.8 Å². The second-order valence-corrected chi connectivity index (χ2v) is 7.01. The fourth-order valence-electron chi connectivity index (χ4n) is 2.28. The van der Waals surface area contributed by atoms with E-state index in [1.807, 2.05) is 0 Å². The molecule has 112 valence electrons. The summed E-state index contributed by atoms with van der Waals surface area (Å²) in [6.45, 7) is 0. The Bertz CT molecular complexity index is 833. The van der Waals surface area contributed by atoms with E-state index in [4.69, 9.17) is 5.26 Å². The van der Waals surface area contributed by atoms with Crippen LogP contribution in [0, 0.1) is 17.1 Å². The molecule has 2 aromatic carbocycles. The van der Waals surface area contributed by atoms with E-state index < -0.39 is 21.3 Å². The van der Waals surface area contributed by atoms with Gasteiger partial charge >= 0.3 is 0 Å². The van der Waals surface area contributed by atoms with Gasteiger partial charge in [0, 0.05) is 5.69 Å². The summed E-state index contributed by atoms with van der Waals surface area (Å²) in [4.78, 5) is -0.00587. The highest BCUT2D eigenvalue weighted by Gasteiger charge is 2.44. The highest BCUT2D eigenvalue weighted by Crippen LogP contribution is 2.47. The lowest BCUT2D eigenvalue weighted by Gasteiger charge is -2.10. The Hall–Kier alpha value is -2.39. The summed E-state index contributed by atoms with van der Waals surface area (Å²) in [5.74, 6) is -0.491. The molecule has 0 saturated heterocycles. The van der Waals surface area contributed by atoms with Crippen molar-refractivity contribution >= 4 is 15.7 Å². The molecule has 6 heteroatoms. The van der Waals surface area contributed by atoms with Crippen molar-refractivity contribution in [3.8, 4) is 6.07 Å². The SMILES string of the molecule is N#CC1(c2ccc(NS(=O)(=O)c3ccc(F)cc3)cc2)CC1. The first-order valence-corrected chi connectivity index (χ1v) is 8.24. The van der Waals surface area contributed by atoms with Gasteiger partial charge in [-0.3, -0.25) is 4.72 Å². The normalized spacial score (nSPS) is 15.8. The van der Waals surface area contributed by atoms with Gasteiger partial charge in [-0.15, -0.1) is 0 Å². The molecule has 3 rings (SSSR count). The van der Waals surface area contributed by atoms with Crippen molar-refractivity contribution in [3.63, 3.8) is 0 Å². The average molecular weight is 316 g/mol. The summed E-state index contributed by atoms with van der Waals surface area (Å²) in [5.41, 5.74) is 0.913. The maximum Gasteiger partial charge on any atom is 0.261 e. The van der Waals surface area contributed by atoms with E-state index in [2.05, 4.69) is 10.8 Å². The van der Waals surface area contributed by atoms with E-state index in [0.29, 0.717) is 5.69 Å². The third-order valence-electron chi connectivity index (χ3n) is 3.78. The van der Waals surface area contributed by atoms with Gasteiger partial charge in [-0.05, 0) is 54.8 Å². The van der Waals surface area contributed by atoms with Crippen LogP contribution >= 0.6 is 0 Å². The Kier molecular flexibility index (Phi) is 3.38. The number of hydrogen-bond donors (Lipinski definition) is 1. The largest absolute Gasteiger partial charge is 0.280 e. The molecule has 1 aliphatic rings. The molecule has 0 atom stereocenters. The summed E-state index contributed by atoms with van der Waals surface area (Å²) in [7, 11) is -3.75. The summed E-state index contributed by atoms with van der Waals surface area (Å²) in [6, 6.07) is 13.7. The second-order valence-electron chi connectivity index (χ2n) is 5.33. The minimum Gasteiger partial charge on any atom is -0.280 e. The number of nitrogens with one attached hydrogen (secondary N) is 1. The lowest BCUT2D eigenvalue weighted by Crippen LogP contribution is -2.13. The van der Waals surface area contributed by atoms with E-state index in [9.17, 15) is 12.8 Å². The van der Waals surface area contributed by atoms with Crippen LogP contribution < -0.4 is 4.72 Å². The van der Waals surface area contributed by atoms with Crippen LogP contribution in [-0.4, -0.2) is 8.42 Å². The minimum absolute atomic E-state index is 0.00587. The zero-order valence-corrected chi connectivity index (χ0v) is 12.4. The van der Waals surface area contributed by atoms with Gasteiger partial charge in [0.1, 0.15) is 5.82 Å². The number of halogens is 1. The Morgan fingerprint density at radius 2 is 1.64 bits per heavy atom. The first-order valence-electron chi connectivity index (χ1n) is 6.75. The van der Waals surface area contributed by atoms with Crippen LogP contribution in [0.3, 0.4) is 0 Å². The van der Waals surface area contributed by atoms with Gasteiger partial charge in [0.15, 0.2) is 0 Å². The number of benzene rings is 2. The lowest BCUT2D eigenvalue weighted by atomic mass is 9.98. The van der Waals surface area contributed by atoms with Crippen LogP contribution in [0.2, 0.25) is 0 Å². The molecule has 0 radical (unpaired) electrons. The highest BCUT2D eigenvalue weighted by molar-refractivity contribution is 7.92. The molecule has 0 unspecified atom stereocenters. The monoisotopic (exact) mass is 316 g/mol. The molecule has 1 N–H and O–H groups in total. The molecule has 1 saturated carbocycles. The van der Waals surface area contributed by atoms with Crippen molar-refractivity contribution in [3.05, 3.63) is 59.9 Å². The Morgan fingerprint density at radius 3 is 2.14 bits per heavy atom. The van der Waals surface area contributed by atoms with Crippen molar-refractivity contribution in [1.29, 1.82) is 5.26 Å². The standard InChI is InChI=1S/C16H13FN2O2S/c17-13-3-7-15(8-4-13)22(20,21)19-14-5-1-12(2-6-14)16(11-18)9-10-16/h1-8,19H,9-10H2. The van der Waals surface area contributed by atoms with Crippen molar-refractivity contribution in [2.24, 2.45) is 0 Å². The molecule has 0 amide bonds. The lowest BCUT2D eigenvalue weighted by molar-refractivity contribution is 0.599. The number of rotatable bonds is 4. The van der Waals surface area contributed by atoms with Crippen molar-refractivity contribution in [1.82, 2.24) is 0 Å². The Morgan fingerprint density at radius 1 is 1.05 bits per heavy atom. The maximum absolute atomic E-state index is 12.9. The highest BCUT2D eigenvalue weighted by atomic mass is 32.2. The zero-order valence-electron chi connectivity index (χ0n) is 11.6. The smallest absolute Gasteiger partial charge is 0.261 e. The predicted molar refractivity (Wildman–Crippen MR) is 80.2 cm³/mol. The maximum atomic E-state index is 12.9. The molecule has 0 heterocycles. The van der Waals surface area contributed by atoms with Crippen LogP contribution in [0.4, 0.5) is 10.1 Å². The van der Waals surface area contributed by atoms with Gasteiger partial charge < -0.3 is 0 Å². The van der Waals surface area contributed by atoms with Crippen LogP contribution in [0.15, 0.2) is 53.4 Å². The Labute approximate surface area is 128 Å². The third kappa shape index (κ3) is 2.68. The zero-order chi connectivity index (χ0) is 15.8. The minimum atomic E-state index is -3.75. The molecule has 0 bridgehead atoms. The van der Waals surface area contributed by atoms with Crippen molar-refractivity contribution in [2.45, 2.75) is 23.2 Å². The molecular weight excluding hydrogens is 303 g/mol. The molecule has 0 aliphatic heterocycles. The molecule has 2 aromatic rings. The van der Waals surface area contributed by atoms with E-state index in [0.717, 1.165) is 30.5 Å². The summed E-state index contributed by atoms with van der Waals surface area (Å²) >= 11 is 0. The molecule has 4 nitrogen and oxygen atoms in total. The number of sulfonamides is 1. The van der Waals surface area contributed by atoms with Gasteiger partial charge in [-0.2, -0.15) is 5.26 Å². The number of nitriles is 1. The van der Waals surface area contributed by atoms with E-state index >= 15 is 0 Å². The molecule has 0 aromatic heterocycles. The van der Waals surface area contributed by atoms with Gasteiger partial charge in [0.25, 0.3) is 10.0 Å². The van der Waals surface area contributed by atoms with Crippen molar-refractivity contribution in [2.75, 3.05) is 4.72 Å². The fourth-order valence-corrected chi connectivity index (χ4v) is 3.33.